The lowest BCUT2D eigenvalue weighted by Gasteiger charge is -2.32. The van der Waals surface area contributed by atoms with Crippen molar-refractivity contribution in [1.29, 1.82) is 0 Å². The van der Waals surface area contributed by atoms with Gasteiger partial charge in [0.25, 0.3) is 0 Å². The fourth-order valence-electron chi connectivity index (χ4n) is 3.15. The molecule has 19 heavy (non-hydrogen) atoms. The molecule has 1 fully saturated rings. The molecule has 2 rings (SSSR count). The van der Waals surface area contributed by atoms with Crippen LogP contribution in [0.2, 0.25) is 0 Å². The lowest BCUT2D eigenvalue weighted by Crippen LogP contribution is -2.32. The highest BCUT2D eigenvalue weighted by atomic mass is 16.5. The molecule has 1 aliphatic rings. The van der Waals surface area contributed by atoms with Crippen LogP contribution in [0.15, 0.2) is 12.1 Å². The Balaban J connectivity index is 2.36. The minimum absolute atomic E-state index is 0.302. The number of rotatable bonds is 4. The van der Waals surface area contributed by atoms with E-state index in [1.54, 1.807) is 7.11 Å². The first-order valence-corrected chi connectivity index (χ1v) is 7.07. The first-order chi connectivity index (χ1) is 9.17. The molecule has 1 aliphatic heterocycles. The van der Waals surface area contributed by atoms with Gasteiger partial charge in [0.15, 0.2) is 0 Å². The highest BCUT2D eigenvalue weighted by Crippen LogP contribution is 2.36. The molecule has 0 amide bonds. The maximum atomic E-state index is 5.64. The molecule has 0 radical (unpaired) electrons. The van der Waals surface area contributed by atoms with Crippen LogP contribution in [-0.4, -0.2) is 27.4 Å². The second-order valence-corrected chi connectivity index (χ2v) is 5.44. The second kappa shape index (κ2) is 6.40. The number of ether oxygens (including phenoxy) is 2. The standard InChI is InChI=1S/C16H25NO2/c1-11-8-12(2)15(14(9-11)18-4)16(17-3)13-6-5-7-19-10-13/h8-9,13,16-17H,5-7,10H2,1-4H3. The Morgan fingerprint density at radius 2 is 2.16 bits per heavy atom. The Morgan fingerprint density at radius 1 is 1.37 bits per heavy atom. The van der Waals surface area contributed by atoms with Gasteiger partial charge in [-0.15, -0.1) is 0 Å². The smallest absolute Gasteiger partial charge is 0.124 e. The lowest BCUT2D eigenvalue weighted by molar-refractivity contribution is 0.0397. The topological polar surface area (TPSA) is 30.5 Å². The van der Waals surface area contributed by atoms with Crippen molar-refractivity contribution in [2.45, 2.75) is 32.7 Å². The maximum Gasteiger partial charge on any atom is 0.124 e. The van der Waals surface area contributed by atoms with E-state index in [1.807, 2.05) is 7.05 Å². The van der Waals surface area contributed by atoms with Crippen LogP contribution in [-0.2, 0) is 4.74 Å². The van der Waals surface area contributed by atoms with Crippen molar-refractivity contribution < 1.29 is 9.47 Å². The Bertz CT molecular complexity index is 425. The van der Waals surface area contributed by atoms with Crippen LogP contribution in [0.3, 0.4) is 0 Å². The summed E-state index contributed by atoms with van der Waals surface area (Å²) < 4.78 is 11.2. The molecule has 0 bridgehead atoms. The average Bonchev–Trinajstić information content (AvgIpc) is 2.42. The van der Waals surface area contributed by atoms with Crippen molar-refractivity contribution in [2.75, 3.05) is 27.4 Å². The van der Waals surface area contributed by atoms with Gasteiger partial charge in [-0.05, 0) is 50.9 Å². The third kappa shape index (κ3) is 3.10. The van der Waals surface area contributed by atoms with E-state index in [4.69, 9.17) is 9.47 Å². The van der Waals surface area contributed by atoms with Gasteiger partial charge < -0.3 is 14.8 Å². The zero-order chi connectivity index (χ0) is 13.8. The zero-order valence-electron chi connectivity index (χ0n) is 12.5. The van der Waals surface area contributed by atoms with Gasteiger partial charge in [0.05, 0.1) is 13.7 Å². The molecule has 0 aromatic heterocycles. The predicted octanol–water partition coefficient (Wildman–Crippen LogP) is 3.00. The fourth-order valence-corrected chi connectivity index (χ4v) is 3.15. The van der Waals surface area contributed by atoms with Gasteiger partial charge in [-0.3, -0.25) is 0 Å². The summed E-state index contributed by atoms with van der Waals surface area (Å²) in [6, 6.07) is 4.65. The summed E-state index contributed by atoms with van der Waals surface area (Å²) in [6.45, 7) is 6.01. The van der Waals surface area contributed by atoms with Crippen molar-refractivity contribution in [3.8, 4) is 5.75 Å². The van der Waals surface area contributed by atoms with Crippen molar-refractivity contribution in [3.63, 3.8) is 0 Å². The summed E-state index contributed by atoms with van der Waals surface area (Å²) in [5.74, 6) is 1.51. The molecule has 106 valence electrons. The molecular formula is C16H25NO2. The van der Waals surface area contributed by atoms with Gasteiger partial charge in [-0.25, -0.2) is 0 Å². The molecule has 2 atom stereocenters. The van der Waals surface area contributed by atoms with Crippen LogP contribution in [0.4, 0.5) is 0 Å². The van der Waals surface area contributed by atoms with Crippen LogP contribution in [0.25, 0.3) is 0 Å². The number of benzene rings is 1. The van der Waals surface area contributed by atoms with E-state index in [0.29, 0.717) is 12.0 Å². The van der Waals surface area contributed by atoms with Gasteiger partial charge in [0, 0.05) is 24.1 Å². The number of methoxy groups -OCH3 is 1. The number of hydrogen-bond acceptors (Lipinski definition) is 3. The van der Waals surface area contributed by atoms with Crippen molar-refractivity contribution in [2.24, 2.45) is 5.92 Å². The minimum Gasteiger partial charge on any atom is -0.496 e. The number of nitrogens with one attached hydrogen (secondary N) is 1. The van der Waals surface area contributed by atoms with E-state index >= 15 is 0 Å². The number of aryl methyl sites for hydroxylation is 2. The normalized spacial score (nSPS) is 21.2. The summed E-state index contributed by atoms with van der Waals surface area (Å²) in [6.07, 6.45) is 2.36. The lowest BCUT2D eigenvalue weighted by atomic mass is 9.85. The van der Waals surface area contributed by atoms with E-state index in [9.17, 15) is 0 Å². The third-order valence-electron chi connectivity index (χ3n) is 4.00. The Labute approximate surface area is 116 Å². The highest BCUT2D eigenvalue weighted by Gasteiger charge is 2.28. The maximum absolute atomic E-state index is 5.64. The van der Waals surface area contributed by atoms with Crippen LogP contribution in [0.1, 0.15) is 35.6 Å². The molecule has 0 saturated carbocycles. The molecule has 0 aliphatic carbocycles. The van der Waals surface area contributed by atoms with Crippen molar-refractivity contribution in [3.05, 3.63) is 28.8 Å². The van der Waals surface area contributed by atoms with E-state index in [1.165, 1.54) is 23.1 Å². The van der Waals surface area contributed by atoms with Crippen LogP contribution >= 0.6 is 0 Å². The molecule has 1 heterocycles. The Morgan fingerprint density at radius 3 is 2.74 bits per heavy atom. The molecule has 3 heteroatoms. The summed E-state index contributed by atoms with van der Waals surface area (Å²) in [7, 11) is 3.78. The highest BCUT2D eigenvalue weighted by molar-refractivity contribution is 5.45. The third-order valence-corrected chi connectivity index (χ3v) is 4.00. The summed E-state index contributed by atoms with van der Waals surface area (Å²) >= 11 is 0. The van der Waals surface area contributed by atoms with E-state index in [-0.39, 0.29) is 0 Å². The minimum atomic E-state index is 0.302. The largest absolute Gasteiger partial charge is 0.496 e. The Kier molecular flexibility index (Phi) is 4.83. The molecule has 0 spiro atoms. The molecule has 1 saturated heterocycles. The first kappa shape index (κ1) is 14.4. The van der Waals surface area contributed by atoms with E-state index in [0.717, 1.165) is 25.4 Å². The SMILES string of the molecule is CNC(c1c(C)cc(C)cc1OC)C1CCCOC1. The second-order valence-electron chi connectivity index (χ2n) is 5.44. The molecule has 1 N–H and O–H groups in total. The van der Waals surface area contributed by atoms with Gasteiger partial charge >= 0.3 is 0 Å². The summed E-state index contributed by atoms with van der Waals surface area (Å²) in [5, 5.41) is 3.46. The van der Waals surface area contributed by atoms with Gasteiger partial charge in [0.2, 0.25) is 0 Å². The Hall–Kier alpha value is -1.06. The monoisotopic (exact) mass is 263 g/mol. The van der Waals surface area contributed by atoms with Crippen LogP contribution in [0, 0.1) is 19.8 Å². The van der Waals surface area contributed by atoms with E-state index in [2.05, 4.69) is 31.3 Å². The van der Waals surface area contributed by atoms with Crippen LogP contribution < -0.4 is 10.1 Å². The summed E-state index contributed by atoms with van der Waals surface area (Å²) in [5.41, 5.74) is 3.82. The molecular weight excluding hydrogens is 238 g/mol. The summed E-state index contributed by atoms with van der Waals surface area (Å²) in [4.78, 5) is 0. The van der Waals surface area contributed by atoms with Crippen molar-refractivity contribution >= 4 is 0 Å². The molecule has 2 unspecified atom stereocenters. The first-order valence-electron chi connectivity index (χ1n) is 7.07. The average molecular weight is 263 g/mol. The number of hydrogen-bond donors (Lipinski definition) is 1. The predicted molar refractivity (Wildman–Crippen MR) is 77.8 cm³/mol. The molecule has 1 aromatic rings. The zero-order valence-corrected chi connectivity index (χ0v) is 12.5. The van der Waals surface area contributed by atoms with Crippen LogP contribution in [0.5, 0.6) is 5.75 Å². The van der Waals surface area contributed by atoms with Gasteiger partial charge in [-0.1, -0.05) is 6.07 Å². The van der Waals surface area contributed by atoms with Gasteiger partial charge in [0.1, 0.15) is 5.75 Å². The molecule has 1 aromatic carbocycles. The fraction of sp³-hybridized carbons (Fsp3) is 0.625. The van der Waals surface area contributed by atoms with Crippen molar-refractivity contribution in [1.82, 2.24) is 5.32 Å². The quantitative estimate of drug-likeness (QED) is 0.906. The van der Waals surface area contributed by atoms with E-state index < -0.39 is 0 Å². The molecule has 3 nitrogen and oxygen atoms in total. The van der Waals surface area contributed by atoms with Gasteiger partial charge in [-0.2, -0.15) is 0 Å².